The molecule has 12 heavy (non-hydrogen) atoms. The quantitative estimate of drug-likeness (QED) is 0.539. The van der Waals surface area contributed by atoms with Crippen molar-refractivity contribution in [1.82, 2.24) is 4.98 Å². The van der Waals surface area contributed by atoms with Gasteiger partial charge in [-0.25, -0.2) is 9.37 Å². The molecule has 3 heteroatoms. The zero-order chi connectivity index (χ0) is 8.81. The molecule has 0 unspecified atom stereocenters. The van der Waals surface area contributed by atoms with Crippen LogP contribution in [0.5, 0.6) is 0 Å². The third-order valence-electron chi connectivity index (χ3n) is 1.11. The highest BCUT2D eigenvalue weighted by Crippen LogP contribution is 1.95. The van der Waals surface area contributed by atoms with Crippen molar-refractivity contribution in [2.45, 2.75) is 6.42 Å². The van der Waals surface area contributed by atoms with E-state index in [0.717, 1.165) is 6.20 Å². The smallest absolute Gasteiger partial charge is 0.141 e. The summed E-state index contributed by atoms with van der Waals surface area (Å²) in [5.41, 5.74) is 0.478. The Balaban J connectivity index is 2.74. The van der Waals surface area contributed by atoms with Gasteiger partial charge in [-0.2, -0.15) is 5.26 Å². The molecule has 0 aliphatic heterocycles. The number of hydrogen-bond acceptors (Lipinski definition) is 2. The Hall–Kier alpha value is -1.87. The highest BCUT2D eigenvalue weighted by atomic mass is 19.1. The predicted octanol–water partition coefficient (Wildman–Crippen LogP) is 1.49. The van der Waals surface area contributed by atoms with Crippen LogP contribution in [0, 0.1) is 29.0 Å². The molecule has 1 aromatic heterocycles. The average molecular weight is 160 g/mol. The summed E-state index contributed by atoms with van der Waals surface area (Å²) in [6.07, 6.45) is 1.26. The minimum Gasteiger partial charge on any atom is -0.245 e. The maximum atomic E-state index is 12.3. The van der Waals surface area contributed by atoms with Crippen LogP contribution in [0.1, 0.15) is 12.1 Å². The van der Waals surface area contributed by atoms with Gasteiger partial charge in [0, 0.05) is 0 Å². The third-order valence-corrected chi connectivity index (χ3v) is 1.11. The first-order valence-corrected chi connectivity index (χ1v) is 3.30. The number of pyridine rings is 1. The Labute approximate surface area is 69.7 Å². The minimum atomic E-state index is -0.388. The highest BCUT2D eigenvalue weighted by molar-refractivity contribution is 5.27. The number of halogens is 1. The first-order chi connectivity index (χ1) is 5.83. The fourth-order valence-electron chi connectivity index (χ4n) is 0.624. The van der Waals surface area contributed by atoms with Crippen molar-refractivity contribution >= 4 is 0 Å². The van der Waals surface area contributed by atoms with Crippen molar-refractivity contribution in [2.75, 3.05) is 0 Å². The maximum Gasteiger partial charge on any atom is 0.141 e. The molecule has 0 amide bonds. The molecule has 0 aliphatic carbocycles. The van der Waals surface area contributed by atoms with Crippen LogP contribution < -0.4 is 0 Å². The van der Waals surface area contributed by atoms with E-state index in [1.54, 1.807) is 0 Å². The fraction of sp³-hybridized carbons (Fsp3) is 0.111. The van der Waals surface area contributed by atoms with Crippen LogP contribution >= 0.6 is 0 Å². The molecule has 58 valence electrons. The standard InChI is InChI=1S/C9H5FN2/c10-8-4-5-9(12-7-8)3-1-2-6-11/h4-5,7H,2H2. The molecular weight excluding hydrogens is 155 g/mol. The lowest BCUT2D eigenvalue weighted by Gasteiger charge is -1.86. The van der Waals surface area contributed by atoms with E-state index >= 15 is 0 Å². The fourth-order valence-corrected chi connectivity index (χ4v) is 0.624. The van der Waals surface area contributed by atoms with Crippen molar-refractivity contribution in [2.24, 2.45) is 0 Å². The summed E-state index contributed by atoms with van der Waals surface area (Å²) in [4.78, 5) is 3.69. The Morgan fingerprint density at radius 1 is 1.50 bits per heavy atom. The second-order valence-electron chi connectivity index (χ2n) is 2.00. The van der Waals surface area contributed by atoms with Crippen LogP contribution in [0.2, 0.25) is 0 Å². The molecule has 0 N–H and O–H groups in total. The van der Waals surface area contributed by atoms with E-state index in [4.69, 9.17) is 5.26 Å². The number of aromatic nitrogens is 1. The third kappa shape index (κ3) is 2.40. The van der Waals surface area contributed by atoms with Gasteiger partial charge in [-0.3, -0.25) is 0 Å². The van der Waals surface area contributed by atoms with Crippen molar-refractivity contribution in [3.63, 3.8) is 0 Å². The zero-order valence-corrected chi connectivity index (χ0v) is 6.21. The first kappa shape index (κ1) is 8.23. The van der Waals surface area contributed by atoms with Crippen LogP contribution in [0.15, 0.2) is 18.3 Å². The van der Waals surface area contributed by atoms with Gasteiger partial charge in [0.15, 0.2) is 0 Å². The molecule has 0 radical (unpaired) electrons. The topological polar surface area (TPSA) is 36.7 Å². The minimum absolute atomic E-state index is 0.166. The highest BCUT2D eigenvalue weighted by Gasteiger charge is 1.88. The van der Waals surface area contributed by atoms with Crippen molar-refractivity contribution in [3.8, 4) is 17.9 Å². The van der Waals surface area contributed by atoms with Crippen LogP contribution in [0.3, 0.4) is 0 Å². The van der Waals surface area contributed by atoms with E-state index in [1.165, 1.54) is 12.1 Å². The molecule has 0 fully saturated rings. The second-order valence-corrected chi connectivity index (χ2v) is 2.00. The summed E-state index contributed by atoms with van der Waals surface area (Å²) in [6, 6.07) is 4.63. The monoisotopic (exact) mass is 160 g/mol. The summed E-state index contributed by atoms with van der Waals surface area (Å²) in [5, 5.41) is 8.16. The summed E-state index contributed by atoms with van der Waals surface area (Å²) < 4.78 is 12.3. The molecule has 0 saturated carbocycles. The van der Waals surface area contributed by atoms with E-state index in [2.05, 4.69) is 16.8 Å². The van der Waals surface area contributed by atoms with E-state index in [-0.39, 0.29) is 12.2 Å². The van der Waals surface area contributed by atoms with Gasteiger partial charge in [0.1, 0.15) is 11.5 Å². The summed E-state index contributed by atoms with van der Waals surface area (Å²) in [5.74, 6) is 4.81. The zero-order valence-electron chi connectivity index (χ0n) is 6.21. The van der Waals surface area contributed by atoms with Gasteiger partial charge in [0.25, 0.3) is 0 Å². The molecule has 1 rings (SSSR count). The van der Waals surface area contributed by atoms with Crippen molar-refractivity contribution in [3.05, 3.63) is 29.8 Å². The molecule has 0 bridgehead atoms. The van der Waals surface area contributed by atoms with Crippen LogP contribution in [-0.2, 0) is 0 Å². The molecule has 0 spiro atoms. The second kappa shape index (κ2) is 4.10. The van der Waals surface area contributed by atoms with E-state index in [0.29, 0.717) is 5.69 Å². The first-order valence-electron chi connectivity index (χ1n) is 3.30. The SMILES string of the molecule is N#CCC#Cc1ccc(F)cn1. The molecule has 0 atom stereocenters. The van der Waals surface area contributed by atoms with Gasteiger partial charge in [-0.1, -0.05) is 5.92 Å². The molecule has 0 aliphatic rings. The van der Waals surface area contributed by atoms with E-state index < -0.39 is 0 Å². The molecule has 0 saturated heterocycles. The molecule has 1 aromatic rings. The van der Waals surface area contributed by atoms with Crippen molar-refractivity contribution < 1.29 is 4.39 Å². The molecule has 1 heterocycles. The normalized spacial score (nSPS) is 8.00. The van der Waals surface area contributed by atoms with Crippen LogP contribution in [0.25, 0.3) is 0 Å². The van der Waals surface area contributed by atoms with Gasteiger partial charge in [-0.15, -0.1) is 0 Å². The Kier molecular flexibility index (Phi) is 2.81. The van der Waals surface area contributed by atoms with Crippen molar-refractivity contribution in [1.29, 1.82) is 5.26 Å². The summed E-state index contributed by atoms with van der Waals surface area (Å²) in [6.45, 7) is 0. The van der Waals surface area contributed by atoms with E-state index in [9.17, 15) is 4.39 Å². The number of nitrogens with zero attached hydrogens (tertiary/aromatic N) is 2. The van der Waals surface area contributed by atoms with Crippen LogP contribution in [-0.4, -0.2) is 4.98 Å². The molecular formula is C9H5FN2. The van der Waals surface area contributed by atoms with Crippen LogP contribution in [0.4, 0.5) is 4.39 Å². The van der Waals surface area contributed by atoms with Gasteiger partial charge in [-0.05, 0) is 18.1 Å². The number of nitriles is 1. The average Bonchev–Trinajstić information content (AvgIpc) is 2.09. The Morgan fingerprint density at radius 3 is 2.92 bits per heavy atom. The number of rotatable bonds is 0. The molecule has 0 aromatic carbocycles. The number of hydrogen-bond donors (Lipinski definition) is 0. The van der Waals surface area contributed by atoms with Gasteiger partial charge in [0.05, 0.1) is 18.7 Å². The summed E-state index contributed by atoms with van der Waals surface area (Å²) >= 11 is 0. The molecule has 2 nitrogen and oxygen atoms in total. The Bertz CT molecular complexity index is 351. The Morgan fingerprint density at radius 2 is 2.33 bits per heavy atom. The largest absolute Gasteiger partial charge is 0.245 e. The predicted molar refractivity (Wildman–Crippen MR) is 41.3 cm³/mol. The lowest BCUT2D eigenvalue weighted by Crippen LogP contribution is -1.82. The lowest BCUT2D eigenvalue weighted by atomic mass is 10.3. The van der Waals surface area contributed by atoms with Gasteiger partial charge < -0.3 is 0 Å². The van der Waals surface area contributed by atoms with E-state index in [1.807, 2.05) is 6.07 Å². The van der Waals surface area contributed by atoms with Gasteiger partial charge in [0.2, 0.25) is 0 Å². The lowest BCUT2D eigenvalue weighted by molar-refractivity contribution is 0.621. The summed E-state index contributed by atoms with van der Waals surface area (Å²) in [7, 11) is 0. The maximum absolute atomic E-state index is 12.3. The van der Waals surface area contributed by atoms with Gasteiger partial charge >= 0.3 is 0 Å².